The SMILES string of the molecule is COc1ccc(CNS(=O)(=O)c2ccccc2-n2cc(CC=O)cn2)c(OC)c1. The maximum Gasteiger partial charge on any atom is 0.243 e. The summed E-state index contributed by atoms with van der Waals surface area (Å²) >= 11 is 0. The summed E-state index contributed by atoms with van der Waals surface area (Å²) in [5.41, 5.74) is 1.75. The quantitative estimate of drug-likeness (QED) is 0.538. The first-order valence-corrected chi connectivity index (χ1v) is 10.2. The number of sulfonamides is 1. The lowest BCUT2D eigenvalue weighted by Crippen LogP contribution is -2.25. The molecule has 0 spiro atoms. The van der Waals surface area contributed by atoms with E-state index in [-0.39, 0.29) is 17.9 Å². The fourth-order valence-corrected chi connectivity index (χ4v) is 4.01. The van der Waals surface area contributed by atoms with Crippen molar-refractivity contribution in [1.29, 1.82) is 0 Å². The molecule has 2 aromatic carbocycles. The molecule has 0 radical (unpaired) electrons. The van der Waals surface area contributed by atoms with Gasteiger partial charge in [0, 0.05) is 30.8 Å². The lowest BCUT2D eigenvalue weighted by molar-refractivity contribution is -0.107. The fraction of sp³-hybridized carbons (Fsp3) is 0.200. The van der Waals surface area contributed by atoms with Gasteiger partial charge in [-0.25, -0.2) is 17.8 Å². The molecule has 0 fully saturated rings. The Bertz CT molecular complexity index is 1110. The molecule has 152 valence electrons. The van der Waals surface area contributed by atoms with Crippen LogP contribution in [0.1, 0.15) is 11.1 Å². The third kappa shape index (κ3) is 4.64. The van der Waals surface area contributed by atoms with Gasteiger partial charge in [-0.1, -0.05) is 18.2 Å². The highest BCUT2D eigenvalue weighted by Gasteiger charge is 2.20. The summed E-state index contributed by atoms with van der Waals surface area (Å²) in [6, 6.07) is 11.7. The average molecular weight is 415 g/mol. The molecular weight excluding hydrogens is 394 g/mol. The number of methoxy groups -OCH3 is 2. The summed E-state index contributed by atoms with van der Waals surface area (Å²) in [6.07, 6.45) is 4.15. The molecule has 0 saturated carbocycles. The lowest BCUT2D eigenvalue weighted by Gasteiger charge is -2.13. The van der Waals surface area contributed by atoms with Gasteiger partial charge in [0.1, 0.15) is 22.7 Å². The van der Waals surface area contributed by atoms with E-state index in [2.05, 4.69) is 9.82 Å². The predicted octanol–water partition coefficient (Wildman–Crippen LogP) is 2.11. The molecule has 29 heavy (non-hydrogen) atoms. The Hall–Kier alpha value is -3.17. The Kier molecular flexibility index (Phi) is 6.30. The van der Waals surface area contributed by atoms with Gasteiger partial charge in [-0.3, -0.25) is 0 Å². The Morgan fingerprint density at radius 2 is 1.93 bits per heavy atom. The van der Waals surface area contributed by atoms with Crippen molar-refractivity contribution in [1.82, 2.24) is 14.5 Å². The molecule has 0 amide bonds. The summed E-state index contributed by atoms with van der Waals surface area (Å²) in [5.74, 6) is 1.13. The third-order valence-electron chi connectivity index (χ3n) is 4.30. The first kappa shape index (κ1) is 20.6. The van der Waals surface area contributed by atoms with E-state index in [0.29, 0.717) is 28.3 Å². The molecule has 0 saturated heterocycles. The monoisotopic (exact) mass is 415 g/mol. The Labute approximate surface area is 169 Å². The number of nitrogens with zero attached hydrogens (tertiary/aromatic N) is 2. The van der Waals surface area contributed by atoms with Gasteiger partial charge in [0.25, 0.3) is 0 Å². The standard InChI is InChI=1S/C20H21N3O5S/c1-27-17-8-7-16(19(11-17)28-2)13-22-29(25,26)20-6-4-3-5-18(20)23-14-15(9-10-24)12-21-23/h3-8,10-12,14,22H,9,13H2,1-2H3. The van der Waals surface area contributed by atoms with E-state index in [1.54, 1.807) is 49.7 Å². The number of aldehydes is 1. The predicted molar refractivity (Wildman–Crippen MR) is 107 cm³/mol. The number of carbonyl (C=O) groups is 1. The zero-order valence-electron chi connectivity index (χ0n) is 16.0. The van der Waals surface area contributed by atoms with Crippen LogP contribution in [0.4, 0.5) is 0 Å². The third-order valence-corrected chi connectivity index (χ3v) is 5.75. The van der Waals surface area contributed by atoms with E-state index in [4.69, 9.17) is 9.47 Å². The van der Waals surface area contributed by atoms with Gasteiger partial charge in [0.05, 0.1) is 26.1 Å². The summed E-state index contributed by atoms with van der Waals surface area (Å²) in [7, 11) is -0.792. The average Bonchev–Trinajstić information content (AvgIpc) is 3.21. The molecule has 0 aliphatic carbocycles. The summed E-state index contributed by atoms with van der Waals surface area (Å²) < 4.78 is 40.5. The number of para-hydroxylation sites is 1. The highest BCUT2D eigenvalue weighted by atomic mass is 32.2. The van der Waals surface area contributed by atoms with E-state index in [1.165, 1.54) is 24.1 Å². The van der Waals surface area contributed by atoms with Crippen LogP contribution in [0.3, 0.4) is 0 Å². The number of rotatable bonds is 9. The molecule has 3 aromatic rings. The number of hydrogen-bond acceptors (Lipinski definition) is 6. The summed E-state index contributed by atoms with van der Waals surface area (Å²) in [5, 5.41) is 4.18. The molecule has 0 aliphatic heterocycles. The maximum absolute atomic E-state index is 13.0. The molecule has 8 nitrogen and oxygen atoms in total. The molecule has 0 atom stereocenters. The van der Waals surface area contributed by atoms with Crippen molar-refractivity contribution in [2.75, 3.05) is 14.2 Å². The van der Waals surface area contributed by atoms with Crippen molar-refractivity contribution in [2.24, 2.45) is 0 Å². The van der Waals surface area contributed by atoms with Gasteiger partial charge < -0.3 is 14.3 Å². The van der Waals surface area contributed by atoms with E-state index < -0.39 is 10.0 Å². The summed E-state index contributed by atoms with van der Waals surface area (Å²) in [6.45, 7) is 0.0410. The van der Waals surface area contributed by atoms with Crippen molar-refractivity contribution >= 4 is 16.3 Å². The van der Waals surface area contributed by atoms with Crippen LogP contribution in [0, 0.1) is 0 Å². The van der Waals surface area contributed by atoms with Gasteiger partial charge in [-0.2, -0.15) is 5.10 Å². The van der Waals surface area contributed by atoms with Crippen LogP contribution >= 0.6 is 0 Å². The van der Waals surface area contributed by atoms with Gasteiger partial charge in [-0.05, 0) is 23.8 Å². The van der Waals surface area contributed by atoms with Crippen LogP contribution < -0.4 is 14.2 Å². The number of carbonyl (C=O) groups excluding carboxylic acids is 1. The minimum atomic E-state index is -3.85. The molecule has 1 heterocycles. The molecular formula is C20H21N3O5S. The molecule has 3 rings (SSSR count). The zero-order valence-corrected chi connectivity index (χ0v) is 16.8. The van der Waals surface area contributed by atoms with E-state index in [1.807, 2.05) is 0 Å². The van der Waals surface area contributed by atoms with Gasteiger partial charge >= 0.3 is 0 Å². The Balaban J connectivity index is 1.88. The Morgan fingerprint density at radius 3 is 2.66 bits per heavy atom. The van der Waals surface area contributed by atoms with Crippen molar-refractivity contribution in [3.63, 3.8) is 0 Å². The number of benzene rings is 2. The second kappa shape index (κ2) is 8.89. The van der Waals surface area contributed by atoms with Gasteiger partial charge in [-0.15, -0.1) is 0 Å². The van der Waals surface area contributed by atoms with E-state index in [9.17, 15) is 13.2 Å². The van der Waals surface area contributed by atoms with Crippen LogP contribution in [0.15, 0.2) is 59.8 Å². The minimum Gasteiger partial charge on any atom is -0.497 e. The molecule has 0 unspecified atom stereocenters. The lowest BCUT2D eigenvalue weighted by atomic mass is 10.2. The van der Waals surface area contributed by atoms with Crippen molar-refractivity contribution in [3.8, 4) is 17.2 Å². The molecule has 0 aliphatic rings. The molecule has 0 bridgehead atoms. The van der Waals surface area contributed by atoms with Crippen molar-refractivity contribution in [2.45, 2.75) is 17.9 Å². The van der Waals surface area contributed by atoms with Gasteiger partial charge in [0.15, 0.2) is 0 Å². The van der Waals surface area contributed by atoms with Crippen LogP contribution in [0.5, 0.6) is 11.5 Å². The number of nitrogens with one attached hydrogen (secondary N) is 1. The Morgan fingerprint density at radius 1 is 1.14 bits per heavy atom. The number of aromatic nitrogens is 2. The topological polar surface area (TPSA) is 99.5 Å². The van der Waals surface area contributed by atoms with E-state index in [0.717, 1.165) is 6.29 Å². The minimum absolute atomic E-state index is 0.0410. The summed E-state index contributed by atoms with van der Waals surface area (Å²) in [4.78, 5) is 10.8. The number of hydrogen-bond donors (Lipinski definition) is 1. The van der Waals surface area contributed by atoms with Gasteiger partial charge in [0.2, 0.25) is 10.0 Å². The normalized spacial score (nSPS) is 11.2. The zero-order chi connectivity index (χ0) is 20.9. The van der Waals surface area contributed by atoms with Crippen molar-refractivity contribution in [3.05, 3.63) is 66.0 Å². The second-order valence-electron chi connectivity index (χ2n) is 6.13. The van der Waals surface area contributed by atoms with Crippen LogP contribution in [0.25, 0.3) is 5.69 Å². The second-order valence-corrected chi connectivity index (χ2v) is 7.87. The van der Waals surface area contributed by atoms with Crippen LogP contribution in [0.2, 0.25) is 0 Å². The number of ether oxygens (including phenoxy) is 2. The van der Waals surface area contributed by atoms with Crippen LogP contribution in [-0.4, -0.2) is 38.7 Å². The first-order valence-electron chi connectivity index (χ1n) is 8.75. The largest absolute Gasteiger partial charge is 0.497 e. The van der Waals surface area contributed by atoms with E-state index >= 15 is 0 Å². The fourth-order valence-electron chi connectivity index (χ4n) is 2.82. The highest BCUT2D eigenvalue weighted by molar-refractivity contribution is 7.89. The first-order chi connectivity index (χ1) is 14.0. The molecule has 9 heteroatoms. The molecule has 1 N–H and O–H groups in total. The smallest absolute Gasteiger partial charge is 0.243 e. The molecule has 1 aromatic heterocycles. The van der Waals surface area contributed by atoms with Crippen molar-refractivity contribution < 1.29 is 22.7 Å². The van der Waals surface area contributed by atoms with Crippen LogP contribution in [-0.2, 0) is 27.8 Å². The maximum atomic E-state index is 13.0. The highest BCUT2D eigenvalue weighted by Crippen LogP contribution is 2.25.